The zero-order valence-corrected chi connectivity index (χ0v) is 16.2. The molecular weight excluding hydrogens is 346 g/mol. The minimum atomic E-state index is -0.262. The summed E-state index contributed by atoms with van der Waals surface area (Å²) in [5.41, 5.74) is 3.36. The van der Waals surface area contributed by atoms with Crippen molar-refractivity contribution in [2.75, 3.05) is 13.1 Å². The van der Waals surface area contributed by atoms with Gasteiger partial charge in [0.1, 0.15) is 5.82 Å². The van der Waals surface area contributed by atoms with Gasteiger partial charge in [-0.15, -0.1) is 0 Å². The zero-order chi connectivity index (χ0) is 19.1. The fourth-order valence-corrected chi connectivity index (χ4v) is 4.40. The van der Waals surface area contributed by atoms with Crippen LogP contribution in [0.5, 0.6) is 0 Å². The Kier molecular flexibility index (Phi) is 4.08. The molecule has 28 heavy (non-hydrogen) atoms. The van der Waals surface area contributed by atoms with Gasteiger partial charge in [0.25, 0.3) is 0 Å². The van der Waals surface area contributed by atoms with Gasteiger partial charge in [0, 0.05) is 31.5 Å². The number of carbonyl (C=O) groups excluding carboxylic acids is 1. The number of benzene rings is 2. The van der Waals surface area contributed by atoms with Crippen LogP contribution >= 0.6 is 0 Å². The van der Waals surface area contributed by atoms with Crippen LogP contribution in [0.4, 0.5) is 0 Å². The average molecular weight is 371 g/mol. The van der Waals surface area contributed by atoms with Crippen LogP contribution in [0.25, 0.3) is 0 Å². The van der Waals surface area contributed by atoms with E-state index in [1.165, 1.54) is 16.8 Å². The number of aryl methyl sites for hydroxylation is 1. The number of hydrogen-bond acceptors (Lipinski definition) is 2. The number of amides is 1. The second kappa shape index (κ2) is 6.62. The number of rotatable bonds is 5. The Bertz CT molecular complexity index is 983. The Balaban J connectivity index is 1.30. The lowest BCUT2D eigenvalue weighted by molar-refractivity contribution is -0.138. The Morgan fingerprint density at radius 2 is 1.68 bits per heavy atom. The van der Waals surface area contributed by atoms with Crippen LogP contribution in [0, 0.1) is 6.92 Å². The van der Waals surface area contributed by atoms with E-state index in [2.05, 4.69) is 52.9 Å². The van der Waals surface area contributed by atoms with Crippen molar-refractivity contribution in [2.24, 2.45) is 0 Å². The predicted molar refractivity (Wildman–Crippen MR) is 109 cm³/mol. The van der Waals surface area contributed by atoms with Crippen molar-refractivity contribution < 1.29 is 4.79 Å². The lowest BCUT2D eigenvalue weighted by Crippen LogP contribution is -2.52. The molecular formula is C24H25N3O. The molecule has 3 aromatic rings. The number of nitrogens with zero attached hydrogens (tertiary/aromatic N) is 3. The standard InChI is InChI=1S/C24H25N3O/c1-18-14-25-22(27(18)15-19-8-4-2-5-9-19)20-16-26(17-20)23(28)24(12-13-24)21-10-6-3-7-11-21/h2-11,14,20H,12-13,15-17H2,1H3. The van der Waals surface area contributed by atoms with Crippen molar-refractivity contribution in [1.82, 2.24) is 14.5 Å². The van der Waals surface area contributed by atoms with Crippen molar-refractivity contribution in [1.29, 1.82) is 0 Å². The molecule has 1 aliphatic carbocycles. The second-order valence-corrected chi connectivity index (χ2v) is 8.18. The largest absolute Gasteiger partial charge is 0.340 e. The number of hydrogen-bond donors (Lipinski definition) is 0. The highest BCUT2D eigenvalue weighted by Gasteiger charge is 2.54. The lowest BCUT2D eigenvalue weighted by Gasteiger charge is -2.41. The summed E-state index contributed by atoms with van der Waals surface area (Å²) >= 11 is 0. The summed E-state index contributed by atoms with van der Waals surface area (Å²) in [4.78, 5) is 19.9. The first-order valence-electron chi connectivity index (χ1n) is 10.1. The maximum absolute atomic E-state index is 13.2. The molecule has 1 amide bonds. The molecule has 142 valence electrons. The fourth-order valence-electron chi connectivity index (χ4n) is 4.40. The van der Waals surface area contributed by atoms with Crippen molar-refractivity contribution in [3.63, 3.8) is 0 Å². The molecule has 0 atom stereocenters. The first-order chi connectivity index (χ1) is 13.7. The molecule has 1 aliphatic heterocycles. The van der Waals surface area contributed by atoms with Crippen LogP contribution in [-0.2, 0) is 16.8 Å². The number of likely N-dealkylation sites (tertiary alicyclic amines) is 1. The molecule has 2 fully saturated rings. The normalized spacial score (nSPS) is 18.0. The lowest BCUT2D eigenvalue weighted by atomic mass is 9.90. The van der Waals surface area contributed by atoms with E-state index < -0.39 is 0 Å². The van der Waals surface area contributed by atoms with Crippen molar-refractivity contribution in [3.8, 4) is 0 Å². The smallest absolute Gasteiger partial charge is 0.233 e. The maximum atomic E-state index is 13.2. The number of aromatic nitrogens is 2. The summed E-state index contributed by atoms with van der Waals surface area (Å²) in [6, 6.07) is 20.8. The van der Waals surface area contributed by atoms with Gasteiger partial charge in [0.2, 0.25) is 5.91 Å². The van der Waals surface area contributed by atoms with Crippen molar-refractivity contribution in [2.45, 2.75) is 37.6 Å². The van der Waals surface area contributed by atoms with Gasteiger partial charge < -0.3 is 9.47 Å². The Morgan fingerprint density at radius 3 is 2.32 bits per heavy atom. The molecule has 0 unspecified atom stereocenters. The molecule has 2 aromatic carbocycles. The monoisotopic (exact) mass is 371 g/mol. The fraction of sp³-hybridized carbons (Fsp3) is 0.333. The molecule has 0 spiro atoms. The Hall–Kier alpha value is -2.88. The Labute approximate surface area is 165 Å². The first kappa shape index (κ1) is 17.2. The van der Waals surface area contributed by atoms with E-state index in [9.17, 15) is 4.79 Å². The van der Waals surface area contributed by atoms with E-state index in [1.54, 1.807) is 0 Å². The van der Waals surface area contributed by atoms with Gasteiger partial charge in [0.15, 0.2) is 0 Å². The topological polar surface area (TPSA) is 38.1 Å². The van der Waals surface area contributed by atoms with Crippen LogP contribution in [-0.4, -0.2) is 33.4 Å². The van der Waals surface area contributed by atoms with Gasteiger partial charge >= 0.3 is 0 Å². The zero-order valence-electron chi connectivity index (χ0n) is 16.2. The first-order valence-corrected chi connectivity index (χ1v) is 10.1. The van der Waals surface area contributed by atoms with Gasteiger partial charge in [-0.3, -0.25) is 4.79 Å². The van der Waals surface area contributed by atoms with E-state index in [1.807, 2.05) is 35.4 Å². The second-order valence-electron chi connectivity index (χ2n) is 8.18. The summed E-state index contributed by atoms with van der Waals surface area (Å²) in [6.07, 6.45) is 3.90. The summed E-state index contributed by atoms with van der Waals surface area (Å²) in [7, 11) is 0. The summed E-state index contributed by atoms with van der Waals surface area (Å²) < 4.78 is 2.30. The quantitative estimate of drug-likeness (QED) is 0.682. The van der Waals surface area contributed by atoms with Gasteiger partial charge in [-0.25, -0.2) is 4.98 Å². The minimum absolute atomic E-state index is 0.262. The molecule has 0 radical (unpaired) electrons. The molecule has 5 rings (SSSR count). The maximum Gasteiger partial charge on any atom is 0.233 e. The third-order valence-electron chi connectivity index (χ3n) is 6.29. The molecule has 4 heteroatoms. The highest BCUT2D eigenvalue weighted by Crippen LogP contribution is 2.50. The molecule has 2 heterocycles. The average Bonchev–Trinajstić information content (AvgIpc) is 3.44. The summed E-state index contributed by atoms with van der Waals surface area (Å²) in [5, 5.41) is 0. The molecule has 0 bridgehead atoms. The Morgan fingerprint density at radius 1 is 1.04 bits per heavy atom. The molecule has 0 N–H and O–H groups in total. The molecule has 4 nitrogen and oxygen atoms in total. The SMILES string of the molecule is Cc1cnc(C2CN(C(=O)C3(c4ccccc4)CC3)C2)n1Cc1ccccc1. The predicted octanol–water partition coefficient (Wildman–Crippen LogP) is 3.90. The van der Waals surface area contributed by atoms with Crippen LogP contribution in [0.15, 0.2) is 66.9 Å². The summed E-state index contributed by atoms with van der Waals surface area (Å²) in [6.45, 7) is 4.49. The van der Waals surface area contributed by atoms with Gasteiger partial charge in [-0.1, -0.05) is 60.7 Å². The third-order valence-corrected chi connectivity index (χ3v) is 6.29. The molecule has 1 aromatic heterocycles. The molecule has 1 saturated carbocycles. The van der Waals surface area contributed by atoms with Crippen LogP contribution in [0.1, 0.15) is 41.4 Å². The number of imidazole rings is 1. The van der Waals surface area contributed by atoms with E-state index in [-0.39, 0.29) is 5.41 Å². The van der Waals surface area contributed by atoms with Gasteiger partial charge in [-0.2, -0.15) is 0 Å². The van der Waals surface area contributed by atoms with Crippen LogP contribution in [0.2, 0.25) is 0 Å². The molecule has 2 aliphatic rings. The van der Waals surface area contributed by atoms with Crippen molar-refractivity contribution >= 4 is 5.91 Å². The third kappa shape index (κ3) is 2.84. The highest BCUT2D eigenvalue weighted by atomic mass is 16.2. The summed E-state index contributed by atoms with van der Waals surface area (Å²) in [5.74, 6) is 1.73. The van der Waals surface area contributed by atoms with Gasteiger partial charge in [0.05, 0.1) is 11.3 Å². The van der Waals surface area contributed by atoms with E-state index in [4.69, 9.17) is 0 Å². The van der Waals surface area contributed by atoms with Gasteiger partial charge in [-0.05, 0) is 30.9 Å². The van der Waals surface area contributed by atoms with E-state index in [0.29, 0.717) is 11.8 Å². The number of carbonyl (C=O) groups is 1. The van der Waals surface area contributed by atoms with Crippen LogP contribution in [0.3, 0.4) is 0 Å². The molecule has 1 saturated heterocycles. The van der Waals surface area contributed by atoms with Crippen LogP contribution < -0.4 is 0 Å². The van der Waals surface area contributed by atoms with E-state index in [0.717, 1.165) is 38.3 Å². The van der Waals surface area contributed by atoms with Crippen molar-refractivity contribution in [3.05, 3.63) is 89.5 Å². The van der Waals surface area contributed by atoms with E-state index >= 15 is 0 Å². The minimum Gasteiger partial charge on any atom is -0.340 e. The highest BCUT2D eigenvalue weighted by molar-refractivity contribution is 5.92.